The van der Waals surface area contributed by atoms with Gasteiger partial charge in [-0.3, -0.25) is 0 Å². The molecule has 8 heteroatoms. The Balaban J connectivity index is 1.84. The molecular weight excluding hydrogens is 299 g/mol. The van der Waals surface area contributed by atoms with Crippen molar-refractivity contribution in [2.75, 3.05) is 0 Å². The van der Waals surface area contributed by atoms with E-state index in [0.717, 1.165) is 5.56 Å². The number of alkyl halides is 3. The quantitative estimate of drug-likeness (QED) is 0.815. The summed E-state index contributed by atoms with van der Waals surface area (Å²) in [6, 6.07) is 5.72. The van der Waals surface area contributed by atoms with Crippen LogP contribution in [-0.4, -0.2) is 26.7 Å². The fourth-order valence-corrected chi connectivity index (χ4v) is 2.60. The summed E-state index contributed by atoms with van der Waals surface area (Å²) in [6.07, 6.45) is -1.71. The number of rotatable bonds is 4. The van der Waals surface area contributed by atoms with Crippen LogP contribution in [0.4, 0.5) is 13.2 Å². The zero-order valence-electron chi connectivity index (χ0n) is 12.0. The highest BCUT2D eigenvalue weighted by atomic mass is 19.4. The Bertz CT molecular complexity index is 653. The highest BCUT2D eigenvalue weighted by Crippen LogP contribution is 2.56. The van der Waals surface area contributed by atoms with E-state index in [9.17, 15) is 13.2 Å². The van der Waals surface area contributed by atoms with Gasteiger partial charge in [0.15, 0.2) is 0 Å². The van der Waals surface area contributed by atoms with Crippen LogP contribution in [0.25, 0.3) is 0 Å². The van der Waals surface area contributed by atoms with Crippen molar-refractivity contribution in [1.29, 1.82) is 0 Å². The fraction of sp³-hybridized carbons (Fsp3) is 0.429. The number of ether oxygens (including phenoxy) is 2. The Kier molecular flexibility index (Phi) is 3.17. The summed E-state index contributed by atoms with van der Waals surface area (Å²) in [5.74, 6) is -0.259. The van der Waals surface area contributed by atoms with Crippen molar-refractivity contribution >= 4 is 0 Å². The maximum atomic E-state index is 12.2. The van der Waals surface area contributed by atoms with Crippen LogP contribution in [0.5, 0.6) is 5.75 Å². The predicted octanol–water partition coefficient (Wildman–Crippen LogP) is 2.88. The van der Waals surface area contributed by atoms with Gasteiger partial charge in [-0.1, -0.05) is 12.1 Å². The van der Waals surface area contributed by atoms with Crippen molar-refractivity contribution in [3.8, 4) is 5.75 Å². The summed E-state index contributed by atoms with van der Waals surface area (Å²) < 4.78 is 47.9. The normalized spacial score (nSPS) is 23.3. The average molecular weight is 313 g/mol. The number of hydrogen-bond acceptors (Lipinski definition) is 4. The topological polar surface area (TPSA) is 52.5 Å². The number of epoxide rings is 1. The van der Waals surface area contributed by atoms with E-state index < -0.39 is 17.6 Å². The molecule has 1 atom stereocenters. The van der Waals surface area contributed by atoms with Crippen LogP contribution >= 0.6 is 0 Å². The molecule has 0 amide bonds. The molecule has 2 aromatic rings. The summed E-state index contributed by atoms with van der Waals surface area (Å²) in [5.41, 5.74) is -0.314. The molecule has 118 valence electrons. The summed E-state index contributed by atoms with van der Waals surface area (Å²) in [4.78, 5) is 3.88. The molecule has 1 aliphatic heterocycles. The second-order valence-corrected chi connectivity index (χ2v) is 5.60. The van der Waals surface area contributed by atoms with Gasteiger partial charge in [-0.15, -0.1) is 13.2 Å². The molecule has 22 heavy (non-hydrogen) atoms. The highest BCUT2D eigenvalue weighted by Gasteiger charge is 2.65. The number of halogens is 3. The summed E-state index contributed by atoms with van der Waals surface area (Å²) in [5, 5.41) is 4.05. The zero-order valence-corrected chi connectivity index (χ0v) is 12.0. The summed E-state index contributed by atoms with van der Waals surface area (Å²) in [7, 11) is 0. The van der Waals surface area contributed by atoms with Gasteiger partial charge in [-0.05, 0) is 31.5 Å². The molecule has 0 bridgehead atoms. The van der Waals surface area contributed by atoms with Gasteiger partial charge in [0, 0.05) is 0 Å². The second-order valence-electron chi connectivity index (χ2n) is 5.60. The van der Waals surface area contributed by atoms with Crippen LogP contribution in [0.15, 0.2) is 36.9 Å². The number of hydrogen-bond donors (Lipinski definition) is 0. The molecule has 1 unspecified atom stereocenters. The number of aromatic nitrogens is 3. The minimum absolute atomic E-state index is 0.259. The van der Waals surface area contributed by atoms with Crippen molar-refractivity contribution < 1.29 is 22.6 Å². The summed E-state index contributed by atoms with van der Waals surface area (Å²) >= 11 is 0. The minimum atomic E-state index is -4.70. The lowest BCUT2D eigenvalue weighted by Gasteiger charge is -2.16. The van der Waals surface area contributed by atoms with Gasteiger partial charge in [0.25, 0.3) is 0 Å². The van der Waals surface area contributed by atoms with Crippen LogP contribution in [0.2, 0.25) is 0 Å². The fourth-order valence-electron chi connectivity index (χ4n) is 2.60. The van der Waals surface area contributed by atoms with Crippen molar-refractivity contribution in [2.24, 2.45) is 0 Å². The van der Waals surface area contributed by atoms with Gasteiger partial charge in [-0.25, -0.2) is 9.67 Å². The average Bonchev–Trinajstić information content (AvgIpc) is 2.75. The lowest BCUT2D eigenvalue weighted by atomic mass is 9.88. The van der Waals surface area contributed by atoms with Gasteiger partial charge >= 0.3 is 6.36 Å². The van der Waals surface area contributed by atoms with Crippen molar-refractivity contribution in [1.82, 2.24) is 14.8 Å². The molecule has 0 radical (unpaired) electrons. The Morgan fingerprint density at radius 3 is 2.32 bits per heavy atom. The van der Waals surface area contributed by atoms with E-state index in [1.165, 1.54) is 18.5 Å². The second kappa shape index (κ2) is 4.70. The van der Waals surface area contributed by atoms with Gasteiger partial charge in [-0.2, -0.15) is 5.10 Å². The molecule has 2 heterocycles. The lowest BCUT2D eigenvalue weighted by molar-refractivity contribution is -0.274. The van der Waals surface area contributed by atoms with Crippen LogP contribution in [0.1, 0.15) is 19.4 Å². The first-order chi connectivity index (χ1) is 10.2. The molecule has 5 nitrogen and oxygen atoms in total. The van der Waals surface area contributed by atoms with E-state index in [0.29, 0.717) is 6.54 Å². The molecular formula is C14H14F3N3O2. The highest BCUT2D eigenvalue weighted by molar-refractivity contribution is 5.36. The zero-order chi connectivity index (χ0) is 16.0. The van der Waals surface area contributed by atoms with E-state index in [4.69, 9.17) is 4.74 Å². The Morgan fingerprint density at radius 2 is 1.86 bits per heavy atom. The van der Waals surface area contributed by atoms with E-state index >= 15 is 0 Å². The predicted molar refractivity (Wildman–Crippen MR) is 70.0 cm³/mol. The third-order valence-corrected chi connectivity index (χ3v) is 3.77. The molecule has 1 aromatic heterocycles. The molecule has 0 spiro atoms. The molecule has 1 saturated heterocycles. The Morgan fingerprint density at radius 1 is 1.23 bits per heavy atom. The lowest BCUT2D eigenvalue weighted by Crippen LogP contribution is -2.25. The number of nitrogens with zero attached hydrogens (tertiary/aromatic N) is 3. The van der Waals surface area contributed by atoms with E-state index in [2.05, 4.69) is 14.8 Å². The third kappa shape index (κ3) is 2.66. The maximum Gasteiger partial charge on any atom is 0.573 e. The van der Waals surface area contributed by atoms with Gasteiger partial charge in [0.1, 0.15) is 24.0 Å². The molecule has 0 saturated carbocycles. The molecule has 1 fully saturated rings. The maximum absolute atomic E-state index is 12.2. The monoisotopic (exact) mass is 313 g/mol. The van der Waals surface area contributed by atoms with E-state index in [1.807, 2.05) is 13.8 Å². The molecule has 1 aliphatic rings. The molecule has 0 N–H and O–H groups in total. The Hall–Kier alpha value is -2.09. The standard InChI is InChI=1S/C14H14F3N3O2/c1-12(2)13(22-12,7-20-9-18-8-19-20)10-3-5-11(6-4-10)21-14(15,16)17/h3-6,8-9H,7H2,1-2H3. The first-order valence-corrected chi connectivity index (χ1v) is 6.61. The van der Waals surface area contributed by atoms with Crippen LogP contribution in [-0.2, 0) is 16.9 Å². The molecule has 1 aromatic carbocycles. The van der Waals surface area contributed by atoms with E-state index in [-0.39, 0.29) is 5.75 Å². The summed E-state index contributed by atoms with van der Waals surface area (Å²) in [6.45, 7) is 4.27. The Labute approximate surface area is 124 Å². The first-order valence-electron chi connectivity index (χ1n) is 6.61. The largest absolute Gasteiger partial charge is 0.573 e. The van der Waals surface area contributed by atoms with Gasteiger partial charge in [0.2, 0.25) is 0 Å². The van der Waals surface area contributed by atoms with E-state index in [1.54, 1.807) is 23.1 Å². The third-order valence-electron chi connectivity index (χ3n) is 3.77. The van der Waals surface area contributed by atoms with Crippen molar-refractivity contribution in [3.05, 3.63) is 42.5 Å². The number of benzene rings is 1. The first kappa shape index (κ1) is 14.8. The van der Waals surface area contributed by atoms with Crippen molar-refractivity contribution in [2.45, 2.75) is 38.0 Å². The van der Waals surface area contributed by atoms with Gasteiger partial charge in [0.05, 0.1) is 12.1 Å². The van der Waals surface area contributed by atoms with Crippen LogP contribution < -0.4 is 4.74 Å². The van der Waals surface area contributed by atoms with Crippen molar-refractivity contribution in [3.63, 3.8) is 0 Å². The minimum Gasteiger partial charge on any atom is -0.406 e. The van der Waals surface area contributed by atoms with Crippen LogP contribution in [0, 0.1) is 0 Å². The molecule has 3 rings (SSSR count). The smallest absolute Gasteiger partial charge is 0.406 e. The van der Waals surface area contributed by atoms with Crippen LogP contribution in [0.3, 0.4) is 0 Å². The van der Waals surface area contributed by atoms with Gasteiger partial charge < -0.3 is 9.47 Å². The SMILES string of the molecule is CC1(C)OC1(Cn1cncn1)c1ccc(OC(F)(F)F)cc1. The molecule has 0 aliphatic carbocycles.